The van der Waals surface area contributed by atoms with Crippen LogP contribution in [0, 0.1) is 6.92 Å². The van der Waals surface area contributed by atoms with Crippen LogP contribution in [0.1, 0.15) is 41.0 Å². The number of Topliss-reactive ketones (excluding diaryl/α,β-unsaturated/α-hetero) is 1. The first-order valence-corrected chi connectivity index (χ1v) is 12.4. The van der Waals surface area contributed by atoms with Crippen LogP contribution in [-0.2, 0) is 13.6 Å². The van der Waals surface area contributed by atoms with Crippen LogP contribution >= 0.6 is 7.60 Å². The van der Waals surface area contributed by atoms with Gasteiger partial charge in [-0.25, -0.2) is 4.68 Å². The van der Waals surface area contributed by atoms with E-state index in [0.29, 0.717) is 5.69 Å². The third kappa shape index (κ3) is 4.14. The quantitative estimate of drug-likeness (QED) is 0.353. The van der Waals surface area contributed by atoms with Gasteiger partial charge in [0.25, 0.3) is 5.56 Å². The van der Waals surface area contributed by atoms with Gasteiger partial charge in [-0.2, -0.15) is 0 Å². The van der Waals surface area contributed by atoms with Crippen LogP contribution in [0.15, 0.2) is 65.2 Å². The van der Waals surface area contributed by atoms with Gasteiger partial charge in [0.2, 0.25) is 5.88 Å². The molecule has 0 fully saturated rings. The summed E-state index contributed by atoms with van der Waals surface area (Å²) in [5.74, 6) is -0.825. The zero-order chi connectivity index (χ0) is 24.5. The molecule has 0 saturated heterocycles. The maximum Gasteiger partial charge on any atom is 0.343 e. The molecule has 2 N–H and O–H groups in total. The van der Waals surface area contributed by atoms with Crippen LogP contribution in [0.2, 0.25) is 0 Å². The maximum atomic E-state index is 14.0. The third-order valence-electron chi connectivity index (χ3n) is 5.36. The molecule has 1 unspecified atom stereocenters. The van der Waals surface area contributed by atoms with Gasteiger partial charge in [-0.3, -0.25) is 19.3 Å². The summed E-state index contributed by atoms with van der Waals surface area (Å²) in [4.78, 5) is 26.7. The second-order valence-electron chi connectivity index (χ2n) is 7.65. The molecule has 0 saturated carbocycles. The molecule has 0 radical (unpaired) electrons. The van der Waals surface area contributed by atoms with E-state index >= 15 is 0 Å². The van der Waals surface area contributed by atoms with Gasteiger partial charge >= 0.3 is 7.60 Å². The maximum absolute atomic E-state index is 14.0. The first kappa shape index (κ1) is 23.8. The fourth-order valence-electron chi connectivity index (χ4n) is 3.93. The lowest BCUT2D eigenvalue weighted by Crippen LogP contribution is -2.24. The molecule has 0 bridgehead atoms. The molecule has 0 spiro atoms. The minimum atomic E-state index is -4.07. The molecule has 1 aromatic heterocycles. The van der Waals surface area contributed by atoms with Gasteiger partial charge < -0.3 is 18.9 Å². The zero-order valence-corrected chi connectivity index (χ0v) is 19.9. The summed E-state index contributed by atoms with van der Waals surface area (Å²) < 4.78 is 32.3. The number of hydrogen-bond donors (Lipinski definition) is 2. The van der Waals surface area contributed by atoms with Crippen molar-refractivity contribution in [2.45, 2.75) is 26.4 Å². The SMILES string of the molecule is CCOP(=O)(OCC)C1C(C(=O)c2cc(C)ccc2O)=COc2c1c(=O)[nH]n2-c1ccccc1. The predicted molar refractivity (Wildman–Crippen MR) is 126 cm³/mol. The van der Waals surface area contributed by atoms with Crippen LogP contribution in [-0.4, -0.2) is 33.9 Å². The minimum Gasteiger partial charge on any atom is -0.507 e. The van der Waals surface area contributed by atoms with Crippen molar-refractivity contribution in [3.8, 4) is 17.3 Å². The number of rotatable bonds is 8. The van der Waals surface area contributed by atoms with Crippen LogP contribution in [0.3, 0.4) is 0 Å². The summed E-state index contributed by atoms with van der Waals surface area (Å²) in [6.07, 6.45) is 1.15. The molecule has 34 heavy (non-hydrogen) atoms. The molecule has 2 heterocycles. The average Bonchev–Trinajstić information content (AvgIpc) is 3.17. The van der Waals surface area contributed by atoms with E-state index in [0.717, 1.165) is 11.8 Å². The number of nitrogens with zero attached hydrogens (tertiary/aromatic N) is 1. The van der Waals surface area contributed by atoms with Crippen LogP contribution < -0.4 is 10.3 Å². The third-order valence-corrected chi connectivity index (χ3v) is 7.77. The van der Waals surface area contributed by atoms with Gasteiger partial charge in [-0.15, -0.1) is 0 Å². The number of aromatic hydroxyl groups is 1. The van der Waals surface area contributed by atoms with Gasteiger partial charge in [-0.1, -0.05) is 29.8 Å². The fourth-order valence-corrected chi connectivity index (χ4v) is 6.08. The number of aromatic nitrogens is 2. The minimum absolute atomic E-state index is 0.0123. The molecule has 10 heteroatoms. The Morgan fingerprint density at radius 3 is 2.47 bits per heavy atom. The molecule has 2 aromatic carbocycles. The number of phenols is 1. The Morgan fingerprint density at radius 2 is 1.82 bits per heavy atom. The summed E-state index contributed by atoms with van der Waals surface area (Å²) in [7, 11) is -4.07. The first-order chi connectivity index (χ1) is 16.3. The standard InChI is InChI=1S/C24H25N2O7P/c1-4-32-34(30,33-5-2)22-18(21(28)17-13-15(3)11-12-19(17)27)14-31-24-20(22)23(29)25-26(24)16-9-7-6-8-10-16/h6-14,22,27H,4-5H2,1-3H3,(H,25,29). The number of carbonyl (C=O) groups excluding carboxylic acids is 1. The Kier molecular flexibility index (Phi) is 6.61. The van der Waals surface area contributed by atoms with Crippen molar-refractivity contribution in [2.24, 2.45) is 0 Å². The number of allylic oxidation sites excluding steroid dienone is 1. The second kappa shape index (κ2) is 9.46. The van der Waals surface area contributed by atoms with E-state index in [1.54, 1.807) is 51.1 Å². The second-order valence-corrected chi connectivity index (χ2v) is 9.76. The highest BCUT2D eigenvalue weighted by Crippen LogP contribution is 2.65. The van der Waals surface area contributed by atoms with Crippen molar-refractivity contribution < 1.29 is 28.3 Å². The number of carbonyl (C=O) groups is 1. The topological polar surface area (TPSA) is 120 Å². The van der Waals surface area contributed by atoms with Crippen molar-refractivity contribution in [2.75, 3.05) is 13.2 Å². The summed E-state index contributed by atoms with van der Waals surface area (Å²) in [6.45, 7) is 5.11. The van der Waals surface area contributed by atoms with Crippen molar-refractivity contribution in [1.82, 2.24) is 9.78 Å². The Bertz CT molecular complexity index is 1350. The van der Waals surface area contributed by atoms with E-state index in [1.807, 2.05) is 6.07 Å². The number of hydrogen-bond acceptors (Lipinski definition) is 7. The summed E-state index contributed by atoms with van der Waals surface area (Å²) in [6, 6.07) is 13.5. The smallest absolute Gasteiger partial charge is 0.343 e. The molecule has 4 rings (SSSR count). The summed E-state index contributed by atoms with van der Waals surface area (Å²) >= 11 is 0. The fraction of sp³-hybridized carbons (Fsp3) is 0.250. The molecule has 0 aliphatic carbocycles. The van der Waals surface area contributed by atoms with Crippen molar-refractivity contribution in [3.05, 3.63) is 87.4 Å². The van der Waals surface area contributed by atoms with E-state index in [4.69, 9.17) is 13.8 Å². The Hall–Kier alpha value is -3.39. The van der Waals surface area contributed by atoms with Crippen LogP contribution in [0.4, 0.5) is 0 Å². The highest BCUT2D eigenvalue weighted by Gasteiger charge is 2.49. The monoisotopic (exact) mass is 484 g/mol. The molecular weight excluding hydrogens is 459 g/mol. The molecule has 1 aliphatic heterocycles. The number of H-pyrrole nitrogens is 1. The van der Waals surface area contributed by atoms with E-state index in [2.05, 4.69) is 5.10 Å². The van der Waals surface area contributed by atoms with Crippen LogP contribution in [0.25, 0.3) is 5.69 Å². The molecular formula is C24H25N2O7P. The van der Waals surface area contributed by atoms with E-state index in [9.17, 15) is 19.3 Å². The molecule has 1 aliphatic rings. The van der Waals surface area contributed by atoms with Gasteiger partial charge in [0.1, 0.15) is 23.2 Å². The Labute approximate surface area is 196 Å². The van der Waals surface area contributed by atoms with Crippen molar-refractivity contribution in [3.63, 3.8) is 0 Å². The van der Waals surface area contributed by atoms with E-state index in [-0.39, 0.29) is 41.5 Å². The number of ether oxygens (including phenoxy) is 1. The lowest BCUT2D eigenvalue weighted by atomic mass is 9.96. The Morgan fingerprint density at radius 1 is 1.15 bits per heavy atom. The van der Waals surface area contributed by atoms with E-state index in [1.165, 1.54) is 16.8 Å². The lowest BCUT2D eigenvalue weighted by molar-refractivity contribution is 0.102. The number of ketones is 1. The molecule has 9 nitrogen and oxygen atoms in total. The van der Waals surface area contributed by atoms with Gasteiger partial charge in [0.15, 0.2) is 5.78 Å². The number of para-hydroxylation sites is 1. The zero-order valence-electron chi connectivity index (χ0n) is 19.0. The largest absolute Gasteiger partial charge is 0.507 e. The molecule has 178 valence electrons. The van der Waals surface area contributed by atoms with Gasteiger partial charge in [-0.05, 0) is 45.0 Å². The predicted octanol–water partition coefficient (Wildman–Crippen LogP) is 4.65. The van der Waals surface area contributed by atoms with Crippen LogP contribution in [0.5, 0.6) is 11.6 Å². The number of nitrogens with one attached hydrogen (secondary N) is 1. The summed E-state index contributed by atoms with van der Waals surface area (Å²) in [5, 5.41) is 13.0. The normalized spacial score (nSPS) is 15.4. The number of phenolic OH excluding ortho intramolecular Hbond substituents is 1. The highest BCUT2D eigenvalue weighted by molar-refractivity contribution is 7.54. The average molecular weight is 484 g/mol. The highest BCUT2D eigenvalue weighted by atomic mass is 31.2. The van der Waals surface area contributed by atoms with Gasteiger partial charge in [0.05, 0.1) is 30.0 Å². The molecule has 0 amide bonds. The summed E-state index contributed by atoms with van der Waals surface area (Å²) in [5.41, 5.74) is -0.806. The number of benzene rings is 2. The number of aryl methyl sites for hydroxylation is 1. The number of aromatic amines is 1. The lowest BCUT2D eigenvalue weighted by Gasteiger charge is -2.29. The Balaban J connectivity index is 1.94. The van der Waals surface area contributed by atoms with Crippen molar-refractivity contribution in [1.29, 1.82) is 0 Å². The number of fused-ring (bicyclic) bond motifs is 1. The van der Waals surface area contributed by atoms with E-state index < -0.39 is 24.6 Å². The first-order valence-electron chi connectivity index (χ1n) is 10.8. The molecule has 1 atom stereocenters. The van der Waals surface area contributed by atoms with Crippen molar-refractivity contribution >= 4 is 13.4 Å². The molecule has 3 aromatic rings. The van der Waals surface area contributed by atoms with Gasteiger partial charge in [0, 0.05) is 0 Å².